The minimum Gasteiger partial charge on any atom is -0.481 e. The molecule has 0 saturated heterocycles. The number of hydrogen-bond acceptors (Lipinski definition) is 3. The number of halogens is 2. The summed E-state index contributed by atoms with van der Waals surface area (Å²) in [7, 11) is 0. The van der Waals surface area contributed by atoms with Crippen molar-refractivity contribution in [1.29, 1.82) is 0 Å². The Labute approximate surface area is 157 Å². The molecule has 4 nitrogen and oxygen atoms in total. The van der Waals surface area contributed by atoms with Gasteiger partial charge in [-0.1, -0.05) is 19.9 Å². The molecule has 148 valence electrons. The molecule has 0 aromatic heterocycles. The van der Waals surface area contributed by atoms with Crippen LogP contribution in [0, 0.1) is 34.5 Å². The molecule has 0 heterocycles. The Morgan fingerprint density at radius 1 is 1.26 bits per heavy atom. The van der Waals surface area contributed by atoms with E-state index in [2.05, 4.69) is 0 Å². The molecule has 0 aromatic rings. The number of carboxylic acids is 1. The van der Waals surface area contributed by atoms with E-state index in [1.807, 2.05) is 13.8 Å². The van der Waals surface area contributed by atoms with Gasteiger partial charge in [-0.25, -0.2) is 8.78 Å². The second kappa shape index (κ2) is 5.49. The number of carbonyl (C=O) groups is 2. The standard InChI is InChI=1S/C21H26F2O4/c1-10-6-12-13-8-15(22)14-7-11(24)4-5-20(14,3)21(13,23)16(25)9-19(12,2)17(10)18(26)27/h4-5,7,10,12-13,15-17,25H,6,8-9H2,1-3H3,(H,26,27)/t10-,12?,13?,15+,16?,17?,19?,20?,21+/m1/s1. The van der Waals surface area contributed by atoms with Crippen LogP contribution in [0.2, 0.25) is 0 Å². The highest BCUT2D eigenvalue weighted by Gasteiger charge is 2.73. The van der Waals surface area contributed by atoms with Crippen LogP contribution >= 0.6 is 0 Å². The summed E-state index contributed by atoms with van der Waals surface area (Å²) in [5.41, 5.74) is -4.22. The second-order valence-electron chi connectivity index (χ2n) is 9.48. The molecule has 3 fully saturated rings. The number of aliphatic hydroxyl groups is 1. The number of alkyl halides is 2. The highest BCUT2D eigenvalue weighted by atomic mass is 19.1. The predicted octanol–water partition coefficient (Wildman–Crippen LogP) is 3.25. The number of carbonyl (C=O) groups excluding carboxylic acids is 1. The van der Waals surface area contributed by atoms with Gasteiger partial charge in [0.2, 0.25) is 0 Å². The Hall–Kier alpha value is -1.56. The van der Waals surface area contributed by atoms with Crippen molar-refractivity contribution < 1.29 is 28.6 Å². The number of aliphatic carboxylic acids is 1. The fraction of sp³-hybridized carbons (Fsp3) is 0.714. The van der Waals surface area contributed by atoms with Crippen LogP contribution in [0.3, 0.4) is 0 Å². The Morgan fingerprint density at radius 2 is 1.93 bits per heavy atom. The Bertz CT molecular complexity index is 776. The average Bonchev–Trinajstić information content (AvgIpc) is 2.82. The van der Waals surface area contributed by atoms with Crippen molar-refractivity contribution in [3.8, 4) is 0 Å². The summed E-state index contributed by atoms with van der Waals surface area (Å²) in [6.45, 7) is 5.21. The van der Waals surface area contributed by atoms with Crippen LogP contribution in [0.4, 0.5) is 8.78 Å². The third-order valence-electron chi connectivity index (χ3n) is 8.23. The molecule has 27 heavy (non-hydrogen) atoms. The smallest absolute Gasteiger partial charge is 0.307 e. The zero-order valence-corrected chi connectivity index (χ0v) is 15.8. The first-order chi connectivity index (χ1) is 12.5. The van der Waals surface area contributed by atoms with Gasteiger partial charge in [-0.05, 0) is 61.2 Å². The van der Waals surface area contributed by atoms with Crippen molar-refractivity contribution >= 4 is 11.8 Å². The molecule has 4 aliphatic carbocycles. The summed E-state index contributed by atoms with van der Waals surface area (Å²) >= 11 is 0. The van der Waals surface area contributed by atoms with Gasteiger partial charge in [0, 0.05) is 11.3 Å². The van der Waals surface area contributed by atoms with Gasteiger partial charge < -0.3 is 10.2 Å². The fourth-order valence-corrected chi connectivity index (χ4v) is 7.10. The average molecular weight is 380 g/mol. The number of ketones is 1. The van der Waals surface area contributed by atoms with Crippen LogP contribution < -0.4 is 0 Å². The maximum Gasteiger partial charge on any atom is 0.307 e. The van der Waals surface area contributed by atoms with Gasteiger partial charge in [-0.15, -0.1) is 0 Å². The molecule has 9 atom stereocenters. The molecule has 0 aliphatic heterocycles. The van der Waals surface area contributed by atoms with E-state index in [1.54, 1.807) is 6.92 Å². The van der Waals surface area contributed by atoms with Crippen molar-refractivity contribution in [3.05, 3.63) is 23.8 Å². The van der Waals surface area contributed by atoms with Crippen molar-refractivity contribution in [3.63, 3.8) is 0 Å². The molecule has 4 rings (SSSR count). The molecular formula is C21H26F2O4. The number of fused-ring (bicyclic) bond motifs is 5. The number of allylic oxidation sites excluding steroid dienone is 4. The summed E-state index contributed by atoms with van der Waals surface area (Å²) in [6, 6.07) is 0. The predicted molar refractivity (Wildman–Crippen MR) is 94.3 cm³/mol. The summed E-state index contributed by atoms with van der Waals surface area (Å²) in [5.74, 6) is -3.29. The maximum absolute atomic E-state index is 16.7. The molecule has 6 heteroatoms. The van der Waals surface area contributed by atoms with E-state index in [9.17, 15) is 19.8 Å². The molecule has 4 aliphatic rings. The maximum atomic E-state index is 16.7. The van der Waals surface area contributed by atoms with Crippen molar-refractivity contribution in [1.82, 2.24) is 0 Å². The van der Waals surface area contributed by atoms with Crippen LogP contribution in [0.5, 0.6) is 0 Å². The molecule has 0 bridgehead atoms. The van der Waals surface area contributed by atoms with Crippen LogP contribution in [0.15, 0.2) is 23.8 Å². The number of aliphatic hydroxyl groups excluding tert-OH is 1. The van der Waals surface area contributed by atoms with Crippen LogP contribution in [-0.2, 0) is 9.59 Å². The molecular weight excluding hydrogens is 354 g/mol. The van der Waals surface area contributed by atoms with Gasteiger partial charge in [-0.3, -0.25) is 9.59 Å². The lowest BCUT2D eigenvalue weighted by atomic mass is 9.45. The third kappa shape index (κ3) is 2.11. The highest BCUT2D eigenvalue weighted by Crippen LogP contribution is 2.69. The zero-order valence-electron chi connectivity index (χ0n) is 15.8. The van der Waals surface area contributed by atoms with Gasteiger partial charge in [0.25, 0.3) is 0 Å². The van der Waals surface area contributed by atoms with E-state index in [4.69, 9.17) is 0 Å². The SMILES string of the molecule is C[C@@H]1CC2C3C[C@H](F)C4=CC(=O)C=CC4(C)[C@@]3(F)C(O)CC2(C)C1C(=O)O. The van der Waals surface area contributed by atoms with Crippen molar-refractivity contribution in [2.75, 3.05) is 0 Å². The van der Waals surface area contributed by atoms with E-state index in [0.717, 1.165) is 0 Å². The van der Waals surface area contributed by atoms with Gasteiger partial charge >= 0.3 is 5.97 Å². The Balaban J connectivity index is 1.86. The van der Waals surface area contributed by atoms with Crippen molar-refractivity contribution in [2.24, 2.45) is 34.5 Å². The van der Waals surface area contributed by atoms with Crippen LogP contribution in [0.25, 0.3) is 0 Å². The number of carboxylic acid groups (broad SMARTS) is 1. The first-order valence-electron chi connectivity index (χ1n) is 9.66. The Kier molecular flexibility index (Phi) is 3.82. The van der Waals surface area contributed by atoms with Crippen LogP contribution in [0.1, 0.15) is 40.0 Å². The van der Waals surface area contributed by atoms with Gasteiger partial charge in [0.05, 0.1) is 12.0 Å². The molecule has 2 N–H and O–H groups in total. The topological polar surface area (TPSA) is 74.6 Å². The summed E-state index contributed by atoms with van der Waals surface area (Å²) in [5, 5.41) is 20.7. The van der Waals surface area contributed by atoms with E-state index in [1.165, 1.54) is 18.2 Å². The lowest BCUT2D eigenvalue weighted by molar-refractivity contribution is -0.204. The normalized spacial score (nSPS) is 54.0. The molecule has 6 unspecified atom stereocenters. The zero-order chi connectivity index (χ0) is 19.9. The molecule has 0 radical (unpaired) electrons. The van der Waals surface area contributed by atoms with E-state index in [0.29, 0.717) is 6.42 Å². The Morgan fingerprint density at radius 3 is 2.56 bits per heavy atom. The first-order valence-corrected chi connectivity index (χ1v) is 9.66. The first kappa shape index (κ1) is 18.8. The monoisotopic (exact) mass is 380 g/mol. The minimum absolute atomic E-state index is 0.0214. The molecule has 0 amide bonds. The number of rotatable bonds is 1. The second-order valence-corrected chi connectivity index (χ2v) is 9.48. The summed E-state index contributed by atoms with van der Waals surface area (Å²) in [4.78, 5) is 23.7. The van der Waals surface area contributed by atoms with E-state index in [-0.39, 0.29) is 36.0 Å². The van der Waals surface area contributed by atoms with E-state index < -0.39 is 46.6 Å². The van der Waals surface area contributed by atoms with Crippen LogP contribution in [-0.4, -0.2) is 39.9 Å². The fourth-order valence-electron chi connectivity index (χ4n) is 7.10. The summed E-state index contributed by atoms with van der Waals surface area (Å²) < 4.78 is 31.8. The molecule has 0 aromatic carbocycles. The minimum atomic E-state index is -2.13. The van der Waals surface area contributed by atoms with E-state index >= 15 is 8.78 Å². The lowest BCUT2D eigenvalue weighted by Crippen LogP contribution is -2.68. The lowest BCUT2D eigenvalue weighted by Gasteiger charge is -2.62. The number of hydrogen-bond donors (Lipinski definition) is 2. The van der Waals surface area contributed by atoms with Gasteiger partial charge in [0.1, 0.15) is 6.17 Å². The quantitative estimate of drug-likeness (QED) is 0.732. The third-order valence-corrected chi connectivity index (χ3v) is 8.23. The van der Waals surface area contributed by atoms with Crippen molar-refractivity contribution in [2.45, 2.75) is 58.0 Å². The highest BCUT2D eigenvalue weighted by molar-refractivity contribution is 6.01. The largest absolute Gasteiger partial charge is 0.481 e. The molecule has 3 saturated carbocycles. The van der Waals surface area contributed by atoms with Gasteiger partial charge in [0.15, 0.2) is 11.5 Å². The summed E-state index contributed by atoms with van der Waals surface area (Å²) in [6.07, 6.45) is 1.31. The molecule has 0 spiro atoms. The van der Waals surface area contributed by atoms with Gasteiger partial charge in [-0.2, -0.15) is 0 Å².